The van der Waals surface area contributed by atoms with Gasteiger partial charge in [0.05, 0.1) is 24.5 Å². The Balaban J connectivity index is 1.81. The molecule has 0 amide bonds. The van der Waals surface area contributed by atoms with Gasteiger partial charge in [-0.25, -0.2) is 4.39 Å². The molecule has 0 saturated carbocycles. The molecule has 1 saturated heterocycles. The van der Waals surface area contributed by atoms with E-state index >= 15 is 0 Å². The zero-order chi connectivity index (χ0) is 18.5. The number of hydrogen-bond acceptors (Lipinski definition) is 6. The maximum atomic E-state index is 13.2. The molecule has 3 rings (SSSR count). The first-order chi connectivity index (χ1) is 12.5. The molecule has 0 N–H and O–H groups in total. The van der Waals surface area contributed by atoms with Crippen LogP contribution in [0.1, 0.15) is 26.7 Å². The van der Waals surface area contributed by atoms with E-state index in [1.165, 1.54) is 23.9 Å². The van der Waals surface area contributed by atoms with Crippen molar-refractivity contribution in [2.45, 2.75) is 50.6 Å². The molecule has 1 aliphatic rings. The van der Waals surface area contributed by atoms with Crippen LogP contribution >= 0.6 is 11.8 Å². The number of carbonyl (C=O) groups excluding carboxylic acids is 1. The first-order valence-corrected chi connectivity index (χ1v) is 9.64. The fourth-order valence-corrected chi connectivity index (χ4v) is 3.52. The van der Waals surface area contributed by atoms with Gasteiger partial charge in [-0.1, -0.05) is 11.8 Å². The van der Waals surface area contributed by atoms with Gasteiger partial charge in [0.2, 0.25) is 0 Å². The van der Waals surface area contributed by atoms with Gasteiger partial charge in [-0.05, 0) is 51.0 Å². The van der Waals surface area contributed by atoms with E-state index < -0.39 is 0 Å². The number of rotatable bonds is 7. The summed E-state index contributed by atoms with van der Waals surface area (Å²) in [6, 6.07) is 6.14. The van der Waals surface area contributed by atoms with Crippen molar-refractivity contribution in [1.29, 1.82) is 0 Å². The molecule has 8 heteroatoms. The van der Waals surface area contributed by atoms with Gasteiger partial charge in [-0.15, -0.1) is 10.2 Å². The Hall–Kier alpha value is -1.93. The number of benzene rings is 1. The molecule has 0 spiro atoms. The van der Waals surface area contributed by atoms with Crippen molar-refractivity contribution in [3.05, 3.63) is 30.1 Å². The second kappa shape index (κ2) is 8.64. The molecule has 26 heavy (non-hydrogen) atoms. The maximum Gasteiger partial charge on any atom is 0.316 e. The van der Waals surface area contributed by atoms with E-state index in [0.29, 0.717) is 17.5 Å². The number of thioether (sulfide) groups is 1. The molecular formula is C18H22FN3O3S. The van der Waals surface area contributed by atoms with E-state index in [1.807, 2.05) is 18.4 Å². The van der Waals surface area contributed by atoms with Crippen molar-refractivity contribution >= 4 is 17.7 Å². The average molecular weight is 379 g/mol. The highest BCUT2D eigenvalue weighted by Gasteiger charge is 2.22. The van der Waals surface area contributed by atoms with Crippen LogP contribution in [0.15, 0.2) is 29.4 Å². The number of carbonyl (C=O) groups is 1. The second-order valence-corrected chi connectivity index (χ2v) is 7.33. The van der Waals surface area contributed by atoms with Gasteiger partial charge < -0.3 is 9.47 Å². The number of halogens is 1. The molecular weight excluding hydrogens is 357 g/mol. The molecule has 0 radical (unpaired) electrons. The summed E-state index contributed by atoms with van der Waals surface area (Å²) >= 11 is 1.28. The molecule has 1 fully saturated rings. The van der Waals surface area contributed by atoms with Crippen molar-refractivity contribution in [3.8, 4) is 11.4 Å². The van der Waals surface area contributed by atoms with Gasteiger partial charge in [0, 0.05) is 12.2 Å². The lowest BCUT2D eigenvalue weighted by Gasteiger charge is -2.15. The van der Waals surface area contributed by atoms with Crippen LogP contribution < -0.4 is 0 Å². The third-order valence-electron chi connectivity index (χ3n) is 3.92. The minimum atomic E-state index is -0.301. The third kappa shape index (κ3) is 4.82. The Morgan fingerprint density at radius 1 is 1.38 bits per heavy atom. The number of hydrogen-bond donors (Lipinski definition) is 0. The van der Waals surface area contributed by atoms with Gasteiger partial charge in [0.15, 0.2) is 11.0 Å². The second-order valence-electron chi connectivity index (χ2n) is 6.39. The zero-order valence-electron chi connectivity index (χ0n) is 14.9. The van der Waals surface area contributed by atoms with Crippen LogP contribution in [0.2, 0.25) is 0 Å². The monoisotopic (exact) mass is 379 g/mol. The van der Waals surface area contributed by atoms with E-state index in [-0.39, 0.29) is 29.7 Å². The molecule has 1 aliphatic heterocycles. The van der Waals surface area contributed by atoms with Gasteiger partial charge in [-0.3, -0.25) is 9.36 Å². The standard InChI is InChI=1S/C18H22FN3O3S/c1-12(2)25-16(23)11-26-18-21-20-17(13-5-7-14(19)8-6-13)22(18)10-15-4-3-9-24-15/h5-8,12,15H,3-4,9-11H2,1-2H3. The van der Waals surface area contributed by atoms with Crippen molar-refractivity contribution < 1.29 is 18.7 Å². The fraction of sp³-hybridized carbons (Fsp3) is 0.500. The molecule has 0 bridgehead atoms. The highest BCUT2D eigenvalue weighted by atomic mass is 32.2. The van der Waals surface area contributed by atoms with Gasteiger partial charge >= 0.3 is 5.97 Å². The van der Waals surface area contributed by atoms with E-state index in [0.717, 1.165) is 25.0 Å². The van der Waals surface area contributed by atoms with E-state index in [4.69, 9.17) is 9.47 Å². The highest BCUT2D eigenvalue weighted by Crippen LogP contribution is 2.26. The predicted molar refractivity (Wildman–Crippen MR) is 96.3 cm³/mol. The SMILES string of the molecule is CC(C)OC(=O)CSc1nnc(-c2ccc(F)cc2)n1CC1CCCO1. The van der Waals surface area contributed by atoms with Crippen LogP contribution in [-0.2, 0) is 20.8 Å². The Morgan fingerprint density at radius 3 is 2.81 bits per heavy atom. The van der Waals surface area contributed by atoms with Crippen LogP contribution in [0.25, 0.3) is 11.4 Å². The lowest BCUT2D eigenvalue weighted by molar-refractivity contribution is -0.144. The van der Waals surface area contributed by atoms with Crippen molar-refractivity contribution in [1.82, 2.24) is 14.8 Å². The van der Waals surface area contributed by atoms with Gasteiger partial charge in [0.1, 0.15) is 5.82 Å². The normalized spacial score (nSPS) is 17.0. The van der Waals surface area contributed by atoms with Gasteiger partial charge in [0.25, 0.3) is 0 Å². The number of nitrogens with zero attached hydrogens (tertiary/aromatic N) is 3. The Bertz CT molecular complexity index is 743. The molecule has 1 aromatic carbocycles. The first kappa shape index (κ1) is 18.8. The minimum absolute atomic E-state index is 0.0900. The number of ether oxygens (including phenoxy) is 2. The highest BCUT2D eigenvalue weighted by molar-refractivity contribution is 7.99. The van der Waals surface area contributed by atoms with Crippen LogP contribution in [0.3, 0.4) is 0 Å². The van der Waals surface area contributed by atoms with Crippen LogP contribution in [0, 0.1) is 5.82 Å². The average Bonchev–Trinajstić information content (AvgIpc) is 3.24. The molecule has 0 aliphatic carbocycles. The van der Waals surface area contributed by atoms with Crippen LogP contribution in [0.4, 0.5) is 4.39 Å². The molecule has 2 heterocycles. The summed E-state index contributed by atoms with van der Waals surface area (Å²) in [5.74, 6) is 0.204. The smallest absolute Gasteiger partial charge is 0.316 e. The Morgan fingerprint density at radius 2 is 2.15 bits per heavy atom. The largest absolute Gasteiger partial charge is 0.462 e. The molecule has 140 valence electrons. The summed E-state index contributed by atoms with van der Waals surface area (Å²) in [4.78, 5) is 11.8. The summed E-state index contributed by atoms with van der Waals surface area (Å²) in [5.41, 5.74) is 0.772. The molecule has 2 aromatic rings. The van der Waals surface area contributed by atoms with E-state index in [2.05, 4.69) is 10.2 Å². The fourth-order valence-electron chi connectivity index (χ4n) is 2.78. The van der Waals surface area contributed by atoms with Crippen molar-refractivity contribution in [2.24, 2.45) is 0 Å². The van der Waals surface area contributed by atoms with Crippen LogP contribution in [-0.4, -0.2) is 45.3 Å². The predicted octanol–water partition coefficient (Wildman–Crippen LogP) is 3.31. The summed E-state index contributed by atoms with van der Waals surface area (Å²) in [7, 11) is 0. The third-order valence-corrected chi connectivity index (χ3v) is 4.86. The van der Waals surface area contributed by atoms with E-state index in [9.17, 15) is 9.18 Å². The van der Waals surface area contributed by atoms with Gasteiger partial charge in [-0.2, -0.15) is 0 Å². The first-order valence-electron chi connectivity index (χ1n) is 8.66. The lowest BCUT2D eigenvalue weighted by Crippen LogP contribution is -2.17. The summed E-state index contributed by atoms with van der Waals surface area (Å²) in [6.45, 7) is 4.98. The molecule has 1 atom stereocenters. The van der Waals surface area contributed by atoms with Crippen molar-refractivity contribution in [2.75, 3.05) is 12.4 Å². The number of esters is 1. The Labute approximate surface area is 156 Å². The van der Waals surface area contributed by atoms with Crippen LogP contribution in [0.5, 0.6) is 0 Å². The summed E-state index contributed by atoms with van der Waals surface area (Å²) in [6.07, 6.45) is 1.94. The topological polar surface area (TPSA) is 66.2 Å². The molecule has 1 unspecified atom stereocenters. The number of aromatic nitrogens is 3. The molecule has 6 nitrogen and oxygen atoms in total. The minimum Gasteiger partial charge on any atom is -0.462 e. The maximum absolute atomic E-state index is 13.2. The van der Waals surface area contributed by atoms with Crippen molar-refractivity contribution in [3.63, 3.8) is 0 Å². The summed E-state index contributed by atoms with van der Waals surface area (Å²) < 4.78 is 26.1. The molecule has 1 aromatic heterocycles. The summed E-state index contributed by atoms with van der Waals surface area (Å²) in [5, 5.41) is 9.11. The Kier molecular flexibility index (Phi) is 6.26. The quantitative estimate of drug-likeness (QED) is 0.543. The lowest BCUT2D eigenvalue weighted by atomic mass is 10.2. The zero-order valence-corrected chi connectivity index (χ0v) is 15.7. The van der Waals surface area contributed by atoms with E-state index in [1.54, 1.807) is 12.1 Å².